The van der Waals surface area contributed by atoms with Crippen molar-refractivity contribution in [2.24, 2.45) is 56.7 Å². The second-order valence-corrected chi connectivity index (χ2v) is 16.1. The van der Waals surface area contributed by atoms with Gasteiger partial charge >= 0.3 is 11.9 Å². The minimum absolute atomic E-state index is 0.138. The summed E-state index contributed by atoms with van der Waals surface area (Å²) in [5.41, 5.74) is 0.202. The van der Waals surface area contributed by atoms with Gasteiger partial charge in [0.05, 0.1) is 25.7 Å². The van der Waals surface area contributed by atoms with E-state index in [-0.39, 0.29) is 45.3 Å². The van der Waals surface area contributed by atoms with Crippen LogP contribution in [0.4, 0.5) is 0 Å². The van der Waals surface area contributed by atoms with Crippen molar-refractivity contribution < 1.29 is 28.9 Å². The number of hydrogen-bond donors (Lipinski definition) is 2. The van der Waals surface area contributed by atoms with Crippen LogP contribution in [0.15, 0.2) is 11.6 Å². The molecule has 42 heavy (non-hydrogen) atoms. The van der Waals surface area contributed by atoms with Crippen molar-refractivity contribution in [3.63, 3.8) is 0 Å². The van der Waals surface area contributed by atoms with Crippen LogP contribution in [-0.2, 0) is 23.8 Å². The molecule has 1 heterocycles. The molecule has 11 atom stereocenters. The van der Waals surface area contributed by atoms with E-state index in [9.17, 15) is 14.7 Å². The van der Waals surface area contributed by atoms with Crippen LogP contribution in [0.1, 0.15) is 93.9 Å². The zero-order valence-corrected chi connectivity index (χ0v) is 27.7. The predicted octanol–water partition coefficient (Wildman–Crippen LogP) is 6.11. The first kappa shape index (κ1) is 32.0. The molecule has 1 saturated heterocycles. The molecule has 0 aromatic carbocycles. The van der Waals surface area contributed by atoms with Gasteiger partial charge in [0.1, 0.15) is 12.2 Å². The van der Waals surface area contributed by atoms with Crippen molar-refractivity contribution in [1.29, 1.82) is 0 Å². The van der Waals surface area contributed by atoms with Crippen LogP contribution in [0.3, 0.4) is 0 Å². The zero-order valence-electron chi connectivity index (χ0n) is 27.7. The van der Waals surface area contributed by atoms with Crippen LogP contribution in [0.25, 0.3) is 0 Å². The Balaban J connectivity index is 1.59. The fourth-order valence-corrected chi connectivity index (χ4v) is 11.5. The van der Waals surface area contributed by atoms with Gasteiger partial charge in [0.15, 0.2) is 0 Å². The Labute approximate surface area is 253 Å². The monoisotopic (exact) mass is 587 g/mol. The summed E-state index contributed by atoms with van der Waals surface area (Å²) in [5.74, 6) is 0.0883. The number of carbonyl (C=O) groups is 2. The fourth-order valence-electron chi connectivity index (χ4n) is 11.5. The maximum Gasteiger partial charge on any atom is 0.307 e. The summed E-state index contributed by atoms with van der Waals surface area (Å²) in [6.07, 6.45) is 7.44. The summed E-state index contributed by atoms with van der Waals surface area (Å²) >= 11 is 0. The number of hydrogen-bond acceptors (Lipinski definition) is 6. The Hall–Kier alpha value is -1.44. The quantitative estimate of drug-likeness (QED) is 0.201. The molecule has 0 spiro atoms. The Bertz CT molecular complexity index is 1110. The van der Waals surface area contributed by atoms with E-state index >= 15 is 0 Å². The van der Waals surface area contributed by atoms with Crippen LogP contribution < -0.4 is 5.32 Å². The number of carboxylic acid groups (broad SMARTS) is 1. The Kier molecular flexibility index (Phi) is 8.27. The minimum Gasteiger partial charge on any atom is -0.481 e. The van der Waals surface area contributed by atoms with Gasteiger partial charge in [0.25, 0.3) is 0 Å². The predicted molar refractivity (Wildman–Crippen MR) is 163 cm³/mol. The first-order valence-corrected chi connectivity index (χ1v) is 16.6. The zero-order chi connectivity index (χ0) is 30.9. The highest BCUT2D eigenvalue weighted by Crippen LogP contribution is 2.75. The highest BCUT2D eigenvalue weighted by atomic mass is 16.6. The molecule has 7 heteroatoms. The van der Waals surface area contributed by atoms with Crippen molar-refractivity contribution in [2.45, 2.75) is 106 Å². The highest BCUT2D eigenvalue weighted by molar-refractivity contribution is 5.73. The van der Waals surface area contributed by atoms with Crippen LogP contribution in [0.2, 0.25) is 0 Å². The second-order valence-electron chi connectivity index (χ2n) is 16.1. The lowest BCUT2D eigenvalue weighted by Crippen LogP contribution is -2.70. The van der Waals surface area contributed by atoms with Gasteiger partial charge in [-0.1, -0.05) is 60.1 Å². The number of fused-ring (bicyclic) bond motifs is 3. The molecule has 2 bridgehead atoms. The molecule has 0 aromatic heterocycles. The Morgan fingerprint density at radius 2 is 1.81 bits per heavy atom. The van der Waals surface area contributed by atoms with E-state index in [4.69, 9.17) is 14.2 Å². The lowest BCUT2D eigenvalue weighted by molar-refractivity contribution is -0.266. The number of aliphatic carboxylic acids is 1. The Morgan fingerprint density at radius 3 is 2.43 bits per heavy atom. The number of rotatable bonds is 8. The standard InChI is InChI=1S/C35H57NO6/c1-21(2)22(3)31(5)14-15-33(7)24-10-11-27-32(6)19-40-20-35(27,25(24)12-13-34(33,8)28(31)30(38)39)18-26(42-23(4)37)29(32)41-17-16-36-9/h12,21-22,24,26-29,36H,10-11,13-20H2,1-9H3,(H,38,39)/t22-,24+,26-,27?,28-,29+,31-,32?,33-,34+,35+/m1/s1. The van der Waals surface area contributed by atoms with Crippen molar-refractivity contribution in [3.8, 4) is 0 Å². The van der Waals surface area contributed by atoms with Crippen LogP contribution >= 0.6 is 0 Å². The van der Waals surface area contributed by atoms with Crippen molar-refractivity contribution in [1.82, 2.24) is 5.32 Å². The van der Waals surface area contributed by atoms with Crippen LogP contribution in [0, 0.1) is 56.7 Å². The molecule has 3 saturated carbocycles. The summed E-state index contributed by atoms with van der Waals surface area (Å²) in [4.78, 5) is 25.7. The van der Waals surface area contributed by atoms with Gasteiger partial charge in [-0.05, 0) is 85.5 Å². The second kappa shape index (κ2) is 10.9. The molecule has 0 amide bonds. The number of allylic oxidation sites excluding steroid dienone is 1. The molecule has 2 N–H and O–H groups in total. The third-order valence-corrected chi connectivity index (χ3v) is 14.0. The van der Waals surface area contributed by atoms with Crippen molar-refractivity contribution in [2.75, 3.05) is 33.4 Å². The maximum atomic E-state index is 13.3. The topological polar surface area (TPSA) is 94.1 Å². The van der Waals surface area contributed by atoms with E-state index in [1.807, 2.05) is 7.05 Å². The summed E-state index contributed by atoms with van der Waals surface area (Å²) in [6, 6.07) is 0. The van der Waals surface area contributed by atoms with Gasteiger partial charge in [0.2, 0.25) is 0 Å². The molecule has 0 radical (unpaired) electrons. The number of carboxylic acids is 1. The average molecular weight is 588 g/mol. The smallest absolute Gasteiger partial charge is 0.307 e. The molecule has 0 aromatic rings. The molecule has 4 aliphatic carbocycles. The van der Waals surface area contributed by atoms with Crippen LogP contribution in [0.5, 0.6) is 0 Å². The van der Waals surface area contributed by atoms with Gasteiger partial charge in [-0.3, -0.25) is 9.59 Å². The average Bonchev–Trinajstić information content (AvgIpc) is 2.90. The molecule has 4 fully saturated rings. The van der Waals surface area contributed by atoms with E-state index in [2.05, 4.69) is 59.9 Å². The van der Waals surface area contributed by atoms with E-state index in [1.54, 1.807) is 0 Å². The SMILES string of the molecule is CNCCO[C@H]1[C@H](OC(C)=O)C[C@@]23COCC1(C)C2CC[C@H]1C3=CC[C@@]2(C)[C@H](C(=O)O)[C@@](C)([C@H](C)C(C)C)CC[C@]12C. The lowest BCUT2D eigenvalue weighted by Gasteiger charge is -2.71. The van der Waals surface area contributed by atoms with Gasteiger partial charge in [-0.25, -0.2) is 0 Å². The lowest BCUT2D eigenvalue weighted by atomic mass is 9.34. The van der Waals surface area contributed by atoms with Crippen LogP contribution in [-0.4, -0.2) is 62.7 Å². The highest BCUT2D eigenvalue weighted by Gasteiger charge is 2.72. The number of nitrogens with one attached hydrogen (secondary N) is 1. The molecule has 2 unspecified atom stereocenters. The molecular weight excluding hydrogens is 530 g/mol. The number of ether oxygens (including phenoxy) is 3. The van der Waals surface area contributed by atoms with Crippen molar-refractivity contribution in [3.05, 3.63) is 11.6 Å². The summed E-state index contributed by atoms with van der Waals surface area (Å²) < 4.78 is 19.1. The summed E-state index contributed by atoms with van der Waals surface area (Å²) in [6.45, 7) is 20.0. The Morgan fingerprint density at radius 1 is 1.10 bits per heavy atom. The number of likely N-dealkylation sites (N-methyl/N-ethyl adjacent to an activating group) is 1. The largest absolute Gasteiger partial charge is 0.481 e. The first-order chi connectivity index (χ1) is 19.6. The minimum atomic E-state index is -0.634. The van der Waals surface area contributed by atoms with E-state index in [1.165, 1.54) is 12.5 Å². The molecule has 5 aliphatic rings. The van der Waals surface area contributed by atoms with E-state index in [0.717, 1.165) is 38.6 Å². The normalized spacial score (nSPS) is 47.0. The molecule has 238 valence electrons. The third kappa shape index (κ3) is 4.37. The number of carbonyl (C=O) groups excluding carboxylic acids is 1. The van der Waals surface area contributed by atoms with Gasteiger partial charge in [-0.2, -0.15) is 0 Å². The molecule has 7 nitrogen and oxygen atoms in total. The maximum absolute atomic E-state index is 13.3. The van der Waals surface area contributed by atoms with E-state index < -0.39 is 11.9 Å². The summed E-state index contributed by atoms with van der Waals surface area (Å²) in [5, 5.41) is 14.1. The van der Waals surface area contributed by atoms with E-state index in [0.29, 0.717) is 49.9 Å². The van der Waals surface area contributed by atoms with Crippen molar-refractivity contribution >= 4 is 11.9 Å². The van der Waals surface area contributed by atoms with Gasteiger partial charge < -0.3 is 24.6 Å². The van der Waals surface area contributed by atoms with Gasteiger partial charge in [-0.15, -0.1) is 0 Å². The number of esters is 1. The summed E-state index contributed by atoms with van der Waals surface area (Å²) in [7, 11) is 1.92. The van der Waals surface area contributed by atoms with Gasteiger partial charge in [0, 0.05) is 24.3 Å². The molecule has 1 aliphatic heterocycles. The molecular formula is C35H57NO6. The molecule has 5 rings (SSSR count). The fraction of sp³-hybridized carbons (Fsp3) is 0.886. The first-order valence-electron chi connectivity index (χ1n) is 16.6. The third-order valence-electron chi connectivity index (χ3n) is 14.0.